The average molecular weight is 499 g/mol. The van der Waals surface area contributed by atoms with Crippen molar-refractivity contribution in [3.05, 3.63) is 89.0 Å². The van der Waals surface area contributed by atoms with Crippen LogP contribution in [0, 0.1) is 6.92 Å². The molecule has 1 unspecified atom stereocenters. The molecule has 0 spiro atoms. The number of nitrogens with zero attached hydrogens (tertiary/aromatic N) is 2. The molecule has 37 heavy (non-hydrogen) atoms. The number of carbonyl (C=O) groups excluding carboxylic acids is 3. The van der Waals surface area contributed by atoms with Crippen LogP contribution in [0.25, 0.3) is 0 Å². The van der Waals surface area contributed by atoms with Gasteiger partial charge < -0.3 is 19.5 Å². The maximum atomic E-state index is 13.7. The molecule has 3 aliphatic rings. The molecule has 3 heterocycles. The van der Waals surface area contributed by atoms with Crippen LogP contribution in [-0.4, -0.2) is 52.5 Å². The van der Waals surface area contributed by atoms with Gasteiger partial charge in [0.1, 0.15) is 12.3 Å². The lowest BCUT2D eigenvalue weighted by molar-refractivity contribution is -0.429. The first-order valence-electron chi connectivity index (χ1n) is 11.9. The second kappa shape index (κ2) is 9.09. The van der Waals surface area contributed by atoms with Crippen LogP contribution < -0.4 is 19.5 Å². The molecular weight excluding hydrogens is 474 g/mol. The summed E-state index contributed by atoms with van der Waals surface area (Å²) in [6.45, 7) is 2.19. The fourth-order valence-electron chi connectivity index (χ4n) is 4.67. The predicted molar refractivity (Wildman–Crippen MR) is 132 cm³/mol. The zero-order chi connectivity index (χ0) is 25.5. The number of para-hydroxylation sites is 1. The van der Waals surface area contributed by atoms with E-state index in [1.807, 2.05) is 31.2 Å². The average Bonchev–Trinajstić information content (AvgIpc) is 3.53. The van der Waals surface area contributed by atoms with Crippen LogP contribution in [0.1, 0.15) is 22.3 Å². The molecule has 9 nitrogen and oxygen atoms in total. The van der Waals surface area contributed by atoms with Crippen molar-refractivity contribution in [3.8, 4) is 17.2 Å². The number of benzene rings is 3. The van der Waals surface area contributed by atoms with Crippen molar-refractivity contribution in [2.24, 2.45) is 0 Å². The number of rotatable bonds is 6. The Labute approximate surface area is 212 Å². The number of carbonyl (C=O) groups is 3. The Morgan fingerprint density at radius 3 is 2.57 bits per heavy atom. The fourth-order valence-corrected chi connectivity index (χ4v) is 4.67. The largest absolute Gasteiger partial charge is 0.501 e. The Hall–Kier alpha value is -4.66. The van der Waals surface area contributed by atoms with Crippen molar-refractivity contribution < 1.29 is 33.2 Å². The van der Waals surface area contributed by atoms with Crippen LogP contribution >= 0.6 is 0 Å². The molecule has 0 aromatic heterocycles. The molecule has 0 saturated carbocycles. The topological polar surface area (TPSA) is 97.2 Å². The van der Waals surface area contributed by atoms with Crippen molar-refractivity contribution in [2.75, 3.05) is 13.3 Å². The summed E-state index contributed by atoms with van der Waals surface area (Å²) in [4.78, 5) is 41.3. The van der Waals surface area contributed by atoms with Crippen LogP contribution in [0.15, 0.2) is 66.7 Å². The van der Waals surface area contributed by atoms with Crippen molar-refractivity contribution >= 4 is 23.6 Å². The third-order valence-electron chi connectivity index (χ3n) is 6.59. The minimum atomic E-state index is -1.02. The van der Waals surface area contributed by atoms with E-state index in [1.165, 1.54) is 4.58 Å². The van der Waals surface area contributed by atoms with Gasteiger partial charge in [-0.1, -0.05) is 48.0 Å². The van der Waals surface area contributed by atoms with E-state index in [-0.39, 0.29) is 25.8 Å². The van der Waals surface area contributed by atoms with Crippen LogP contribution in [0.4, 0.5) is 4.79 Å². The Morgan fingerprint density at radius 1 is 0.973 bits per heavy atom. The van der Waals surface area contributed by atoms with Gasteiger partial charge in [-0.25, -0.2) is 4.79 Å². The lowest BCUT2D eigenvalue weighted by atomic mass is 10.0. The standard InChI is InChI=1S/C28H23N3O6/c1-17-6-8-18(9-7-17)13-29-24(32)15-30-25-20-4-2-3-5-21(20)37-26(25)27(33)31(28(30)34)14-19-10-11-22-23(12-19)36-16-35-22/h2-12,26H,13-16H2,1H3/p+1. The summed E-state index contributed by atoms with van der Waals surface area (Å²) in [6.07, 6.45) is -1.02. The molecule has 1 atom stereocenters. The van der Waals surface area contributed by atoms with Gasteiger partial charge in [-0.2, -0.15) is 14.3 Å². The third kappa shape index (κ3) is 4.18. The molecule has 186 valence electrons. The second-order valence-electron chi connectivity index (χ2n) is 9.12. The van der Waals surface area contributed by atoms with Crippen LogP contribution in [-0.2, 0) is 22.7 Å². The van der Waals surface area contributed by atoms with Gasteiger partial charge in [0, 0.05) is 6.54 Å². The third-order valence-corrected chi connectivity index (χ3v) is 6.59. The lowest BCUT2D eigenvalue weighted by Crippen LogP contribution is -2.58. The van der Waals surface area contributed by atoms with Crippen LogP contribution in [0.3, 0.4) is 0 Å². The number of aryl methyl sites for hydroxylation is 1. The highest BCUT2D eigenvalue weighted by molar-refractivity contribution is 6.22. The summed E-state index contributed by atoms with van der Waals surface area (Å²) >= 11 is 0. The molecule has 4 amide bonds. The Balaban J connectivity index is 1.29. The molecule has 0 bridgehead atoms. The van der Waals surface area contributed by atoms with E-state index in [1.54, 1.807) is 42.5 Å². The van der Waals surface area contributed by atoms with Gasteiger partial charge in [-0.3, -0.25) is 4.79 Å². The summed E-state index contributed by atoms with van der Waals surface area (Å²) in [7, 11) is 0. The first kappa shape index (κ1) is 22.8. The Kier molecular flexibility index (Phi) is 5.60. The molecule has 3 aliphatic heterocycles. The van der Waals surface area contributed by atoms with Crippen molar-refractivity contribution in [1.29, 1.82) is 0 Å². The summed E-state index contributed by atoms with van der Waals surface area (Å²) in [5.41, 5.74) is 3.78. The zero-order valence-electron chi connectivity index (χ0n) is 20.1. The molecule has 0 aliphatic carbocycles. The van der Waals surface area contributed by atoms with E-state index in [9.17, 15) is 14.4 Å². The maximum absolute atomic E-state index is 13.7. The van der Waals surface area contributed by atoms with Crippen molar-refractivity contribution in [1.82, 2.24) is 10.2 Å². The molecule has 3 aromatic rings. The quantitative estimate of drug-likeness (QED) is 0.525. The highest BCUT2D eigenvalue weighted by Crippen LogP contribution is 2.35. The molecule has 0 radical (unpaired) electrons. The van der Waals surface area contributed by atoms with Gasteiger partial charge in [0.25, 0.3) is 12.0 Å². The molecule has 3 aromatic carbocycles. The van der Waals surface area contributed by atoms with Crippen molar-refractivity contribution in [2.45, 2.75) is 26.1 Å². The molecule has 9 heteroatoms. The molecule has 1 N–H and O–H groups in total. The minimum absolute atomic E-state index is 0.000717. The first-order chi connectivity index (χ1) is 18.0. The van der Waals surface area contributed by atoms with E-state index in [0.717, 1.165) is 16.0 Å². The molecular formula is C28H24N3O6+. The number of amides is 4. The highest BCUT2D eigenvalue weighted by atomic mass is 16.7. The highest BCUT2D eigenvalue weighted by Gasteiger charge is 2.54. The molecule has 0 saturated heterocycles. The number of urea groups is 1. The van der Waals surface area contributed by atoms with E-state index >= 15 is 0 Å². The minimum Gasteiger partial charge on any atom is -0.469 e. The predicted octanol–water partition coefficient (Wildman–Crippen LogP) is 2.77. The smallest absolute Gasteiger partial charge is 0.469 e. The summed E-state index contributed by atoms with van der Waals surface area (Å²) < 4.78 is 18.1. The van der Waals surface area contributed by atoms with E-state index in [4.69, 9.17) is 14.2 Å². The second-order valence-corrected chi connectivity index (χ2v) is 9.12. The number of nitrogens with one attached hydrogen (secondary N) is 1. The maximum Gasteiger partial charge on any atom is 0.501 e. The number of ether oxygens (including phenoxy) is 3. The van der Waals surface area contributed by atoms with Gasteiger partial charge in [-0.15, -0.1) is 0 Å². The Bertz CT molecular complexity index is 1460. The fraction of sp³-hybridized carbons (Fsp3) is 0.214. The van der Waals surface area contributed by atoms with Crippen molar-refractivity contribution in [3.63, 3.8) is 0 Å². The number of hydrogen-bond donors (Lipinski definition) is 1. The Morgan fingerprint density at radius 2 is 1.73 bits per heavy atom. The van der Waals surface area contributed by atoms with E-state index < -0.39 is 18.0 Å². The normalized spacial score (nSPS) is 17.4. The van der Waals surface area contributed by atoms with E-state index in [2.05, 4.69) is 5.32 Å². The van der Waals surface area contributed by atoms with Crippen LogP contribution in [0.5, 0.6) is 17.2 Å². The SMILES string of the molecule is Cc1ccc(CNC(=O)C[N+]2=C3c4ccccc4OC3C(=O)N(Cc3ccc4c(c3)OCO4)C2=O)cc1. The van der Waals surface area contributed by atoms with E-state index in [0.29, 0.717) is 40.6 Å². The summed E-state index contributed by atoms with van der Waals surface area (Å²) in [5.74, 6) is 0.835. The van der Waals surface area contributed by atoms with Gasteiger partial charge in [0.05, 0.1) is 5.56 Å². The monoisotopic (exact) mass is 498 g/mol. The van der Waals surface area contributed by atoms with Gasteiger partial charge in [0.15, 0.2) is 23.8 Å². The van der Waals surface area contributed by atoms with Gasteiger partial charge in [0.2, 0.25) is 6.79 Å². The summed E-state index contributed by atoms with van der Waals surface area (Å²) in [6, 6.07) is 19.6. The summed E-state index contributed by atoms with van der Waals surface area (Å²) in [5, 5.41) is 2.87. The first-order valence-corrected chi connectivity index (χ1v) is 11.9. The lowest BCUT2D eigenvalue weighted by Gasteiger charge is -2.24. The molecule has 0 fully saturated rings. The van der Waals surface area contributed by atoms with Gasteiger partial charge >= 0.3 is 11.9 Å². The van der Waals surface area contributed by atoms with Gasteiger partial charge in [-0.05, 0) is 42.3 Å². The zero-order valence-corrected chi connectivity index (χ0v) is 20.1. The number of fused-ring (bicyclic) bond motifs is 4. The van der Waals surface area contributed by atoms with Crippen LogP contribution in [0.2, 0.25) is 0 Å². The number of hydrogen-bond acceptors (Lipinski definition) is 6. The molecule has 6 rings (SSSR count). The number of imide groups is 1.